The van der Waals surface area contributed by atoms with E-state index in [4.69, 9.17) is 0 Å². The first-order valence-electron chi connectivity index (χ1n) is 7.73. The van der Waals surface area contributed by atoms with E-state index < -0.39 is 16.1 Å². The van der Waals surface area contributed by atoms with Gasteiger partial charge in [0.15, 0.2) is 5.78 Å². The number of carbonyl (C=O) groups is 1. The molecule has 0 unspecified atom stereocenters. The number of aliphatic hydroxyl groups excluding tert-OH is 1. The van der Waals surface area contributed by atoms with E-state index in [9.17, 15) is 18.3 Å². The molecule has 0 fully saturated rings. The van der Waals surface area contributed by atoms with Crippen LogP contribution in [-0.2, 0) is 10.0 Å². The number of hydrogen-bond acceptors (Lipinski definition) is 4. The Kier molecular flexibility index (Phi) is 5.75. The molecule has 0 aliphatic heterocycles. The molecule has 0 aliphatic rings. The van der Waals surface area contributed by atoms with Crippen molar-refractivity contribution in [2.24, 2.45) is 0 Å². The number of hydrogen-bond donors (Lipinski definition) is 1. The lowest BCUT2D eigenvalue weighted by Crippen LogP contribution is -2.37. The third kappa shape index (κ3) is 4.01. The van der Waals surface area contributed by atoms with Gasteiger partial charge in [0.2, 0.25) is 0 Å². The third-order valence-corrected chi connectivity index (χ3v) is 5.55. The molecule has 0 saturated carbocycles. The summed E-state index contributed by atoms with van der Waals surface area (Å²) < 4.78 is 27.2. The maximum atomic E-state index is 13.0. The molecular weight excluding hydrogens is 326 g/mol. The lowest BCUT2D eigenvalue weighted by molar-refractivity contribution is 0.101. The van der Waals surface area contributed by atoms with Crippen molar-refractivity contribution in [1.82, 2.24) is 0 Å². The van der Waals surface area contributed by atoms with Crippen molar-refractivity contribution >= 4 is 21.5 Å². The maximum Gasteiger partial charge on any atom is 0.264 e. The smallest absolute Gasteiger partial charge is 0.264 e. The predicted molar refractivity (Wildman–Crippen MR) is 93.7 cm³/mol. The van der Waals surface area contributed by atoms with Gasteiger partial charge in [-0.05, 0) is 37.6 Å². The Labute approximate surface area is 142 Å². The Morgan fingerprint density at radius 3 is 2.17 bits per heavy atom. The van der Waals surface area contributed by atoms with Gasteiger partial charge in [0.05, 0.1) is 23.2 Å². The molecule has 0 heterocycles. The van der Waals surface area contributed by atoms with Crippen LogP contribution in [0.2, 0.25) is 0 Å². The molecule has 0 bridgehead atoms. The minimum atomic E-state index is -3.84. The third-order valence-electron chi connectivity index (χ3n) is 3.74. The van der Waals surface area contributed by atoms with Crippen molar-refractivity contribution < 1.29 is 18.3 Å². The Balaban J connectivity index is 2.45. The Morgan fingerprint density at radius 1 is 1.08 bits per heavy atom. The summed E-state index contributed by atoms with van der Waals surface area (Å²) in [6.45, 7) is 3.19. The second kappa shape index (κ2) is 7.59. The fraction of sp³-hybridized carbons (Fsp3) is 0.278. The molecule has 2 rings (SSSR count). The number of rotatable bonds is 7. The lowest BCUT2D eigenvalue weighted by atomic mass is 10.2. The standard InChI is InChI=1S/C18H21NO4S/c1-3-17(21)13-19(16-7-5-4-6-8-16)24(22,23)18-11-9-15(10-12-18)14(2)20/h4-12,17,21H,3,13H2,1-2H3/t17-/m1/s1. The quantitative estimate of drug-likeness (QED) is 0.782. The van der Waals surface area contributed by atoms with E-state index in [-0.39, 0.29) is 17.2 Å². The molecule has 24 heavy (non-hydrogen) atoms. The zero-order chi connectivity index (χ0) is 17.7. The normalized spacial score (nSPS) is 12.6. The van der Waals surface area contributed by atoms with Crippen LogP contribution in [0.15, 0.2) is 59.5 Å². The molecule has 0 aliphatic carbocycles. The Morgan fingerprint density at radius 2 is 1.67 bits per heavy atom. The van der Waals surface area contributed by atoms with Crippen molar-refractivity contribution in [3.63, 3.8) is 0 Å². The van der Waals surface area contributed by atoms with Gasteiger partial charge in [-0.3, -0.25) is 9.10 Å². The fourth-order valence-electron chi connectivity index (χ4n) is 2.25. The minimum Gasteiger partial charge on any atom is -0.391 e. The number of para-hydroxylation sites is 1. The van der Waals surface area contributed by atoms with Crippen molar-refractivity contribution in [1.29, 1.82) is 0 Å². The number of ketones is 1. The summed E-state index contributed by atoms with van der Waals surface area (Å²) in [6, 6.07) is 14.5. The molecule has 6 heteroatoms. The minimum absolute atomic E-state index is 0.0304. The largest absolute Gasteiger partial charge is 0.391 e. The number of aliphatic hydroxyl groups is 1. The van der Waals surface area contributed by atoms with E-state index in [1.54, 1.807) is 37.3 Å². The van der Waals surface area contributed by atoms with Gasteiger partial charge >= 0.3 is 0 Å². The molecule has 0 radical (unpaired) electrons. The molecule has 2 aromatic carbocycles. The summed E-state index contributed by atoms with van der Waals surface area (Å²) in [4.78, 5) is 11.4. The van der Waals surface area contributed by atoms with E-state index in [1.165, 1.54) is 35.5 Å². The van der Waals surface area contributed by atoms with Crippen molar-refractivity contribution in [2.75, 3.05) is 10.8 Å². The number of benzene rings is 2. The van der Waals surface area contributed by atoms with Crippen molar-refractivity contribution in [2.45, 2.75) is 31.3 Å². The van der Waals surface area contributed by atoms with Crippen molar-refractivity contribution in [3.05, 3.63) is 60.2 Å². The van der Waals surface area contributed by atoms with Crippen LogP contribution in [0.5, 0.6) is 0 Å². The van der Waals surface area contributed by atoms with Crippen LogP contribution in [0.3, 0.4) is 0 Å². The van der Waals surface area contributed by atoms with Gasteiger partial charge in [-0.25, -0.2) is 8.42 Å². The maximum absolute atomic E-state index is 13.0. The highest BCUT2D eigenvalue weighted by atomic mass is 32.2. The highest BCUT2D eigenvalue weighted by Crippen LogP contribution is 2.24. The van der Waals surface area contributed by atoms with Crippen LogP contribution in [-0.4, -0.2) is 32.0 Å². The van der Waals surface area contributed by atoms with Gasteiger partial charge in [-0.1, -0.05) is 37.3 Å². The molecule has 1 atom stereocenters. The van der Waals surface area contributed by atoms with Gasteiger partial charge in [-0.2, -0.15) is 0 Å². The van der Waals surface area contributed by atoms with Gasteiger partial charge in [0, 0.05) is 5.56 Å². The SMILES string of the molecule is CC[C@@H](O)CN(c1ccccc1)S(=O)(=O)c1ccc(C(C)=O)cc1. The first kappa shape index (κ1) is 18.2. The van der Waals surface area contributed by atoms with Crippen LogP contribution in [0.1, 0.15) is 30.6 Å². The van der Waals surface area contributed by atoms with Gasteiger partial charge in [0.25, 0.3) is 10.0 Å². The summed E-state index contributed by atoms with van der Waals surface area (Å²) in [5, 5.41) is 9.97. The summed E-state index contributed by atoms with van der Waals surface area (Å²) in [6.07, 6.45) is -0.321. The highest BCUT2D eigenvalue weighted by molar-refractivity contribution is 7.92. The van der Waals surface area contributed by atoms with E-state index >= 15 is 0 Å². The first-order valence-corrected chi connectivity index (χ1v) is 9.17. The summed E-state index contributed by atoms with van der Waals surface area (Å²) >= 11 is 0. The van der Waals surface area contributed by atoms with Crippen LogP contribution in [0, 0.1) is 0 Å². The second-order valence-electron chi connectivity index (χ2n) is 5.51. The summed E-state index contributed by atoms with van der Waals surface area (Å²) in [7, 11) is -3.84. The molecule has 1 N–H and O–H groups in total. The zero-order valence-corrected chi connectivity index (χ0v) is 14.5. The molecule has 128 valence electrons. The van der Waals surface area contributed by atoms with E-state index in [0.717, 1.165) is 0 Å². The lowest BCUT2D eigenvalue weighted by Gasteiger charge is -2.26. The monoisotopic (exact) mass is 347 g/mol. The average molecular weight is 347 g/mol. The molecule has 0 spiro atoms. The van der Waals surface area contributed by atoms with Crippen LogP contribution >= 0.6 is 0 Å². The number of carbonyl (C=O) groups excluding carboxylic acids is 1. The first-order chi connectivity index (χ1) is 11.4. The van der Waals surface area contributed by atoms with E-state index in [2.05, 4.69) is 0 Å². The molecule has 2 aromatic rings. The van der Waals surface area contributed by atoms with Gasteiger partial charge in [-0.15, -0.1) is 0 Å². The Hall–Kier alpha value is -2.18. The van der Waals surface area contributed by atoms with Crippen LogP contribution in [0.25, 0.3) is 0 Å². The van der Waals surface area contributed by atoms with Crippen molar-refractivity contribution in [3.8, 4) is 0 Å². The zero-order valence-electron chi connectivity index (χ0n) is 13.7. The molecule has 0 saturated heterocycles. The highest BCUT2D eigenvalue weighted by Gasteiger charge is 2.26. The second-order valence-corrected chi connectivity index (χ2v) is 7.38. The Bertz CT molecular complexity index is 786. The molecule has 5 nitrogen and oxygen atoms in total. The predicted octanol–water partition coefficient (Wildman–Crippen LogP) is 2.86. The number of sulfonamides is 1. The number of anilines is 1. The van der Waals surface area contributed by atoms with Crippen LogP contribution in [0.4, 0.5) is 5.69 Å². The summed E-state index contributed by atoms with van der Waals surface area (Å²) in [5.41, 5.74) is 0.939. The van der Waals surface area contributed by atoms with Crippen LogP contribution < -0.4 is 4.31 Å². The number of Topliss-reactive ketones (excluding diaryl/α,β-unsaturated/α-hetero) is 1. The van der Waals surface area contributed by atoms with Gasteiger partial charge in [0.1, 0.15) is 0 Å². The van der Waals surface area contributed by atoms with E-state index in [0.29, 0.717) is 17.7 Å². The average Bonchev–Trinajstić information content (AvgIpc) is 2.60. The van der Waals surface area contributed by atoms with Gasteiger partial charge < -0.3 is 5.11 Å². The number of nitrogens with zero attached hydrogens (tertiary/aromatic N) is 1. The summed E-state index contributed by atoms with van der Waals surface area (Å²) in [5.74, 6) is -0.125. The topological polar surface area (TPSA) is 74.7 Å². The fourth-order valence-corrected chi connectivity index (χ4v) is 3.75. The molecular formula is C18H21NO4S. The molecule has 0 aromatic heterocycles. The molecule has 0 amide bonds. The van der Waals surface area contributed by atoms with E-state index in [1.807, 2.05) is 0 Å².